The molecule has 3 nitrogen and oxygen atoms in total. The summed E-state index contributed by atoms with van der Waals surface area (Å²) in [5.74, 6) is 0.427. The summed E-state index contributed by atoms with van der Waals surface area (Å²) in [7, 11) is 1.58. The molecule has 154 valence electrons. The molecule has 0 aliphatic heterocycles. The molecule has 0 saturated heterocycles. The van der Waals surface area contributed by atoms with Crippen molar-refractivity contribution in [2.45, 2.75) is 0 Å². The fourth-order valence-corrected chi connectivity index (χ4v) is 4.02. The first-order valence-corrected chi connectivity index (χ1v) is 10.4. The maximum Gasteiger partial charge on any atom is 0.262 e. The van der Waals surface area contributed by atoms with Crippen LogP contribution in [-0.2, 0) is 0 Å². The van der Waals surface area contributed by atoms with E-state index in [0.29, 0.717) is 32.7 Å². The smallest absolute Gasteiger partial charge is 0.262 e. The average molecular weight is 448 g/mol. The summed E-state index contributed by atoms with van der Waals surface area (Å²) in [5.41, 5.74) is 3.47. The minimum Gasteiger partial charge on any atom is -0.497 e. The summed E-state index contributed by atoms with van der Waals surface area (Å²) in [6.07, 6.45) is 0. The van der Waals surface area contributed by atoms with Crippen molar-refractivity contribution in [1.29, 1.82) is 0 Å². The van der Waals surface area contributed by atoms with Crippen molar-refractivity contribution in [3.63, 3.8) is 0 Å². The van der Waals surface area contributed by atoms with Crippen LogP contribution in [0.1, 0.15) is 10.4 Å². The summed E-state index contributed by atoms with van der Waals surface area (Å²) in [5, 5.41) is 0.772. The number of methoxy groups -OCH3 is 1. The summed E-state index contributed by atoms with van der Waals surface area (Å²) >= 11 is 13.4. The number of carbonyl (C=O) groups is 1. The lowest BCUT2D eigenvalue weighted by Crippen LogP contribution is -2.26. The lowest BCUT2D eigenvalue weighted by molar-refractivity contribution is 0.0999. The molecule has 0 heterocycles. The van der Waals surface area contributed by atoms with Crippen molar-refractivity contribution in [3.8, 4) is 16.9 Å². The van der Waals surface area contributed by atoms with E-state index in [-0.39, 0.29) is 5.91 Å². The number of ether oxygens (including phenoxy) is 1. The first-order valence-electron chi connectivity index (χ1n) is 9.66. The molecular weight excluding hydrogens is 429 g/mol. The van der Waals surface area contributed by atoms with Gasteiger partial charge in [0.25, 0.3) is 5.91 Å². The molecule has 4 aromatic carbocycles. The van der Waals surface area contributed by atoms with E-state index in [0.717, 1.165) is 11.1 Å². The highest BCUT2D eigenvalue weighted by Gasteiger charge is 2.25. The third-order valence-corrected chi connectivity index (χ3v) is 5.48. The normalized spacial score (nSPS) is 10.5. The van der Waals surface area contributed by atoms with E-state index >= 15 is 0 Å². The third kappa shape index (κ3) is 4.43. The molecule has 1 amide bonds. The highest BCUT2D eigenvalue weighted by atomic mass is 35.5. The molecule has 0 unspecified atom stereocenters. The largest absolute Gasteiger partial charge is 0.497 e. The fraction of sp³-hybridized carbons (Fsp3) is 0.0385. The maximum atomic E-state index is 13.6. The van der Waals surface area contributed by atoms with Gasteiger partial charge in [-0.15, -0.1) is 0 Å². The topological polar surface area (TPSA) is 29.5 Å². The Morgan fingerprint density at radius 3 is 1.84 bits per heavy atom. The van der Waals surface area contributed by atoms with Crippen molar-refractivity contribution < 1.29 is 9.53 Å². The molecule has 4 aromatic rings. The van der Waals surface area contributed by atoms with Crippen LogP contribution in [0, 0.1) is 0 Å². The van der Waals surface area contributed by atoms with Crippen molar-refractivity contribution >= 4 is 40.5 Å². The van der Waals surface area contributed by atoms with Gasteiger partial charge in [0, 0.05) is 11.3 Å². The maximum absolute atomic E-state index is 13.6. The van der Waals surface area contributed by atoms with E-state index in [1.54, 1.807) is 36.3 Å². The van der Waals surface area contributed by atoms with Crippen molar-refractivity contribution in [2.75, 3.05) is 12.0 Å². The van der Waals surface area contributed by atoms with Crippen LogP contribution in [-0.4, -0.2) is 13.0 Å². The summed E-state index contributed by atoms with van der Waals surface area (Å²) in [6.45, 7) is 0. The Morgan fingerprint density at radius 2 is 1.29 bits per heavy atom. The second-order valence-corrected chi connectivity index (χ2v) is 7.67. The molecule has 0 aromatic heterocycles. The Labute approximate surface area is 191 Å². The Balaban J connectivity index is 1.83. The molecule has 0 spiro atoms. The SMILES string of the molecule is COc1ccc(C(=O)N(c2ccccc2)c2c(Cl)cc(-c3ccccc3)cc2Cl)cc1. The molecule has 0 atom stereocenters. The predicted molar refractivity (Wildman–Crippen MR) is 128 cm³/mol. The van der Waals surface area contributed by atoms with Crippen LogP contribution in [0.15, 0.2) is 97.1 Å². The van der Waals surface area contributed by atoms with Crippen LogP contribution in [0.3, 0.4) is 0 Å². The van der Waals surface area contributed by atoms with E-state index in [2.05, 4.69) is 0 Å². The third-order valence-electron chi connectivity index (χ3n) is 4.90. The van der Waals surface area contributed by atoms with Gasteiger partial charge in [0.2, 0.25) is 0 Å². The molecule has 0 saturated carbocycles. The summed E-state index contributed by atoms with van der Waals surface area (Å²) in [6, 6.07) is 29.7. The Morgan fingerprint density at radius 1 is 0.742 bits per heavy atom. The monoisotopic (exact) mass is 447 g/mol. The second-order valence-electron chi connectivity index (χ2n) is 6.86. The van der Waals surface area contributed by atoms with Gasteiger partial charge in [-0.2, -0.15) is 0 Å². The number of para-hydroxylation sites is 1. The molecule has 0 bridgehead atoms. The van der Waals surface area contributed by atoms with Crippen LogP contribution in [0.4, 0.5) is 11.4 Å². The van der Waals surface area contributed by atoms with E-state index in [4.69, 9.17) is 27.9 Å². The average Bonchev–Trinajstić information content (AvgIpc) is 2.82. The Hall–Kier alpha value is -3.27. The molecule has 31 heavy (non-hydrogen) atoms. The van der Waals surface area contributed by atoms with Gasteiger partial charge in [-0.3, -0.25) is 9.69 Å². The van der Waals surface area contributed by atoms with E-state index in [1.807, 2.05) is 72.8 Å². The van der Waals surface area contributed by atoms with E-state index < -0.39 is 0 Å². The first-order chi connectivity index (χ1) is 15.1. The highest BCUT2D eigenvalue weighted by molar-refractivity contribution is 6.41. The number of hydrogen-bond donors (Lipinski definition) is 0. The lowest BCUT2D eigenvalue weighted by atomic mass is 10.0. The van der Waals surface area contributed by atoms with E-state index in [1.165, 1.54) is 0 Å². The standard InChI is InChI=1S/C26H19Cl2NO2/c1-31-22-14-12-19(13-15-22)26(30)29(21-10-6-3-7-11-21)25-23(27)16-20(17-24(25)28)18-8-4-2-5-9-18/h2-17H,1H3. The Bertz CT molecular complexity index is 1170. The van der Waals surface area contributed by atoms with Crippen LogP contribution in [0.2, 0.25) is 10.0 Å². The predicted octanol–water partition coefficient (Wildman–Crippen LogP) is 7.65. The first kappa shape index (κ1) is 21.0. The molecule has 4 rings (SSSR count). The number of carbonyl (C=O) groups excluding carboxylic acids is 1. The van der Waals surface area contributed by atoms with Crippen LogP contribution in [0.25, 0.3) is 11.1 Å². The van der Waals surface area contributed by atoms with Crippen LogP contribution < -0.4 is 9.64 Å². The number of benzene rings is 4. The van der Waals surface area contributed by atoms with Crippen LogP contribution in [0.5, 0.6) is 5.75 Å². The summed E-state index contributed by atoms with van der Waals surface area (Å²) in [4.78, 5) is 15.1. The van der Waals surface area contributed by atoms with Gasteiger partial charge in [0.05, 0.1) is 22.8 Å². The van der Waals surface area contributed by atoms with Crippen molar-refractivity contribution in [1.82, 2.24) is 0 Å². The molecule has 0 radical (unpaired) electrons. The number of hydrogen-bond acceptors (Lipinski definition) is 2. The van der Waals surface area contributed by atoms with Gasteiger partial charge in [0.15, 0.2) is 0 Å². The quantitative estimate of drug-likeness (QED) is 0.314. The molecular formula is C26H19Cl2NO2. The zero-order chi connectivity index (χ0) is 21.8. The van der Waals surface area contributed by atoms with Gasteiger partial charge in [-0.1, -0.05) is 71.7 Å². The summed E-state index contributed by atoms with van der Waals surface area (Å²) < 4.78 is 5.20. The van der Waals surface area contributed by atoms with Gasteiger partial charge in [-0.05, 0) is 59.7 Å². The van der Waals surface area contributed by atoms with Gasteiger partial charge >= 0.3 is 0 Å². The van der Waals surface area contributed by atoms with Crippen molar-refractivity contribution in [3.05, 3.63) is 113 Å². The minimum absolute atomic E-state index is 0.245. The van der Waals surface area contributed by atoms with Gasteiger partial charge < -0.3 is 4.74 Å². The minimum atomic E-state index is -0.245. The molecule has 0 N–H and O–H groups in total. The molecule has 0 aliphatic carbocycles. The number of halogens is 2. The number of rotatable bonds is 5. The zero-order valence-electron chi connectivity index (χ0n) is 16.8. The number of amides is 1. The van der Waals surface area contributed by atoms with E-state index in [9.17, 15) is 4.79 Å². The van der Waals surface area contributed by atoms with Gasteiger partial charge in [-0.25, -0.2) is 0 Å². The van der Waals surface area contributed by atoms with Crippen molar-refractivity contribution in [2.24, 2.45) is 0 Å². The van der Waals surface area contributed by atoms with Crippen LogP contribution >= 0.6 is 23.2 Å². The molecule has 0 fully saturated rings. The van der Waals surface area contributed by atoms with Gasteiger partial charge in [0.1, 0.15) is 5.75 Å². The molecule has 5 heteroatoms. The zero-order valence-corrected chi connectivity index (χ0v) is 18.3. The lowest BCUT2D eigenvalue weighted by Gasteiger charge is -2.26. The second kappa shape index (κ2) is 9.25. The molecule has 0 aliphatic rings. The fourth-order valence-electron chi connectivity index (χ4n) is 3.36. The Kier molecular flexibility index (Phi) is 6.26. The number of nitrogens with zero attached hydrogens (tertiary/aromatic N) is 1. The number of anilines is 2. The highest BCUT2D eigenvalue weighted by Crippen LogP contribution is 2.42.